The molecule has 0 saturated heterocycles. The van der Waals surface area contributed by atoms with Gasteiger partial charge in [-0.1, -0.05) is 55.1 Å². The molecule has 1 aliphatic rings. The van der Waals surface area contributed by atoms with E-state index in [9.17, 15) is 0 Å². The Morgan fingerprint density at radius 1 is 1.14 bits per heavy atom. The summed E-state index contributed by atoms with van der Waals surface area (Å²) in [5, 5.41) is 3.56. The third-order valence-corrected chi connectivity index (χ3v) is 4.00. The molecule has 3 rings (SSSR count). The average Bonchev–Trinajstić information content (AvgIpc) is 2.50. The van der Waals surface area contributed by atoms with Gasteiger partial charge in [-0.2, -0.15) is 0 Å². The standard InChI is InChI=1S/C19H21NO/c1-2-11-21-19-10-6-4-8-16(19)13-20-14-17-12-15-7-3-5-9-18(15)17/h2-10,17,20H,1,11-14H2. The fraction of sp³-hybridized carbons (Fsp3) is 0.263. The van der Waals surface area contributed by atoms with Crippen molar-refractivity contribution in [3.8, 4) is 5.75 Å². The fourth-order valence-corrected chi connectivity index (χ4v) is 2.87. The van der Waals surface area contributed by atoms with Crippen LogP contribution in [0.1, 0.15) is 22.6 Å². The van der Waals surface area contributed by atoms with Crippen LogP contribution in [0.2, 0.25) is 0 Å². The van der Waals surface area contributed by atoms with Gasteiger partial charge >= 0.3 is 0 Å². The van der Waals surface area contributed by atoms with Crippen molar-refractivity contribution in [1.29, 1.82) is 0 Å². The van der Waals surface area contributed by atoms with Crippen LogP contribution in [0.3, 0.4) is 0 Å². The number of benzene rings is 2. The predicted octanol–water partition coefficient (Wildman–Crippen LogP) is 3.68. The molecule has 1 atom stereocenters. The molecule has 2 heteroatoms. The van der Waals surface area contributed by atoms with Crippen molar-refractivity contribution < 1.29 is 4.74 Å². The second-order valence-corrected chi connectivity index (χ2v) is 5.44. The number of hydrogen-bond acceptors (Lipinski definition) is 2. The van der Waals surface area contributed by atoms with E-state index in [1.165, 1.54) is 23.1 Å². The third-order valence-electron chi connectivity index (χ3n) is 4.00. The molecule has 0 bridgehead atoms. The minimum atomic E-state index is 0.549. The highest BCUT2D eigenvalue weighted by Gasteiger charge is 2.24. The van der Waals surface area contributed by atoms with E-state index in [-0.39, 0.29) is 0 Å². The summed E-state index contributed by atoms with van der Waals surface area (Å²) in [5.74, 6) is 1.60. The Bertz CT molecular complexity index is 620. The topological polar surface area (TPSA) is 21.3 Å². The van der Waals surface area contributed by atoms with E-state index in [1.54, 1.807) is 6.08 Å². The zero-order valence-electron chi connectivity index (χ0n) is 12.2. The van der Waals surface area contributed by atoms with Crippen molar-refractivity contribution in [2.45, 2.75) is 18.9 Å². The van der Waals surface area contributed by atoms with Crippen LogP contribution in [0, 0.1) is 0 Å². The largest absolute Gasteiger partial charge is 0.489 e. The molecule has 0 radical (unpaired) electrons. The molecule has 0 fully saturated rings. The van der Waals surface area contributed by atoms with E-state index in [4.69, 9.17) is 4.74 Å². The molecule has 2 aromatic carbocycles. The molecular weight excluding hydrogens is 258 g/mol. The van der Waals surface area contributed by atoms with Crippen molar-refractivity contribution in [2.75, 3.05) is 13.2 Å². The quantitative estimate of drug-likeness (QED) is 0.781. The molecule has 2 aromatic rings. The van der Waals surface area contributed by atoms with Gasteiger partial charge in [0.25, 0.3) is 0 Å². The molecule has 21 heavy (non-hydrogen) atoms. The van der Waals surface area contributed by atoms with Crippen LogP contribution in [0.5, 0.6) is 5.75 Å². The number of hydrogen-bond donors (Lipinski definition) is 1. The van der Waals surface area contributed by atoms with E-state index >= 15 is 0 Å². The highest BCUT2D eigenvalue weighted by molar-refractivity contribution is 5.40. The number of fused-ring (bicyclic) bond motifs is 1. The summed E-state index contributed by atoms with van der Waals surface area (Å²) >= 11 is 0. The van der Waals surface area contributed by atoms with Crippen molar-refractivity contribution in [1.82, 2.24) is 5.32 Å². The minimum absolute atomic E-state index is 0.549. The molecule has 0 spiro atoms. The van der Waals surface area contributed by atoms with E-state index in [0.717, 1.165) is 18.8 Å². The smallest absolute Gasteiger partial charge is 0.124 e. The lowest BCUT2D eigenvalue weighted by Gasteiger charge is -2.30. The van der Waals surface area contributed by atoms with Crippen LogP contribution in [-0.2, 0) is 13.0 Å². The first-order chi connectivity index (χ1) is 10.4. The Morgan fingerprint density at radius 3 is 2.81 bits per heavy atom. The lowest BCUT2D eigenvalue weighted by molar-refractivity contribution is 0.357. The van der Waals surface area contributed by atoms with Gasteiger partial charge in [0, 0.05) is 24.6 Å². The normalized spacial score (nSPS) is 15.9. The zero-order chi connectivity index (χ0) is 14.5. The van der Waals surface area contributed by atoms with Gasteiger partial charge in [-0.25, -0.2) is 0 Å². The SMILES string of the molecule is C=CCOc1ccccc1CNCC1Cc2ccccc21. The number of rotatable bonds is 7. The van der Waals surface area contributed by atoms with Crippen LogP contribution in [0.15, 0.2) is 61.2 Å². The Kier molecular flexibility index (Phi) is 4.37. The fourth-order valence-electron chi connectivity index (χ4n) is 2.87. The molecule has 0 aliphatic heterocycles. The summed E-state index contributed by atoms with van der Waals surface area (Å²) in [6, 6.07) is 16.9. The molecule has 1 unspecified atom stereocenters. The summed E-state index contributed by atoms with van der Waals surface area (Å²) in [6.07, 6.45) is 2.97. The second-order valence-electron chi connectivity index (χ2n) is 5.44. The molecule has 0 heterocycles. The van der Waals surface area contributed by atoms with Crippen molar-refractivity contribution in [3.05, 3.63) is 77.9 Å². The van der Waals surface area contributed by atoms with E-state index in [1.807, 2.05) is 12.1 Å². The minimum Gasteiger partial charge on any atom is -0.489 e. The second kappa shape index (κ2) is 6.59. The van der Waals surface area contributed by atoms with Crippen molar-refractivity contribution >= 4 is 0 Å². The van der Waals surface area contributed by atoms with Gasteiger partial charge in [-0.3, -0.25) is 0 Å². The van der Waals surface area contributed by atoms with Crippen LogP contribution in [0.4, 0.5) is 0 Å². The summed E-state index contributed by atoms with van der Waals surface area (Å²) in [6.45, 7) is 6.10. The van der Waals surface area contributed by atoms with Gasteiger partial charge in [0.1, 0.15) is 12.4 Å². The lowest BCUT2D eigenvalue weighted by atomic mass is 9.77. The maximum atomic E-state index is 5.68. The van der Waals surface area contributed by atoms with E-state index in [0.29, 0.717) is 12.5 Å². The average molecular weight is 279 g/mol. The molecular formula is C19H21NO. The summed E-state index contributed by atoms with van der Waals surface area (Å²) in [7, 11) is 0. The molecule has 0 saturated carbocycles. The van der Waals surface area contributed by atoms with Crippen LogP contribution in [0.25, 0.3) is 0 Å². The maximum absolute atomic E-state index is 5.68. The van der Waals surface area contributed by atoms with E-state index in [2.05, 4.69) is 48.3 Å². The van der Waals surface area contributed by atoms with Gasteiger partial charge in [0.05, 0.1) is 0 Å². The third kappa shape index (κ3) is 3.17. The maximum Gasteiger partial charge on any atom is 0.124 e. The van der Waals surface area contributed by atoms with Gasteiger partial charge < -0.3 is 10.1 Å². The van der Waals surface area contributed by atoms with Crippen LogP contribution >= 0.6 is 0 Å². The Morgan fingerprint density at radius 2 is 1.95 bits per heavy atom. The summed E-state index contributed by atoms with van der Waals surface area (Å²) < 4.78 is 5.68. The molecule has 1 N–H and O–H groups in total. The van der Waals surface area contributed by atoms with Gasteiger partial charge in [-0.05, 0) is 23.6 Å². The number of nitrogens with one attached hydrogen (secondary N) is 1. The summed E-state index contributed by atoms with van der Waals surface area (Å²) in [4.78, 5) is 0. The lowest BCUT2D eigenvalue weighted by Crippen LogP contribution is -2.28. The van der Waals surface area contributed by atoms with Crippen LogP contribution < -0.4 is 10.1 Å². The molecule has 2 nitrogen and oxygen atoms in total. The summed E-state index contributed by atoms with van der Waals surface area (Å²) in [5.41, 5.74) is 4.20. The van der Waals surface area contributed by atoms with Crippen molar-refractivity contribution in [3.63, 3.8) is 0 Å². The van der Waals surface area contributed by atoms with Crippen LogP contribution in [-0.4, -0.2) is 13.2 Å². The zero-order valence-corrected chi connectivity index (χ0v) is 12.2. The predicted molar refractivity (Wildman–Crippen MR) is 86.7 cm³/mol. The first kappa shape index (κ1) is 13.9. The van der Waals surface area contributed by atoms with E-state index < -0.39 is 0 Å². The van der Waals surface area contributed by atoms with Gasteiger partial charge in [-0.15, -0.1) is 0 Å². The molecule has 1 aliphatic carbocycles. The number of para-hydroxylation sites is 1. The monoisotopic (exact) mass is 279 g/mol. The highest BCUT2D eigenvalue weighted by Crippen LogP contribution is 2.34. The van der Waals surface area contributed by atoms with Crippen molar-refractivity contribution in [2.24, 2.45) is 0 Å². The number of ether oxygens (including phenoxy) is 1. The van der Waals surface area contributed by atoms with Gasteiger partial charge in [0.2, 0.25) is 0 Å². The van der Waals surface area contributed by atoms with Gasteiger partial charge in [0.15, 0.2) is 0 Å². The first-order valence-corrected chi connectivity index (χ1v) is 7.48. The Balaban J connectivity index is 1.53. The molecule has 0 aromatic heterocycles. The Labute approximate surface area is 126 Å². The first-order valence-electron chi connectivity index (χ1n) is 7.48. The molecule has 0 amide bonds. The highest BCUT2D eigenvalue weighted by atomic mass is 16.5. The Hall–Kier alpha value is -2.06. The molecule has 108 valence electrons.